The quantitative estimate of drug-likeness (QED) is 0.630. The summed E-state index contributed by atoms with van der Waals surface area (Å²) in [6.07, 6.45) is 2.78. The van der Waals surface area contributed by atoms with E-state index in [1.807, 2.05) is 20.0 Å². The van der Waals surface area contributed by atoms with Crippen LogP contribution in [0.3, 0.4) is 0 Å². The van der Waals surface area contributed by atoms with Gasteiger partial charge in [0.15, 0.2) is 0 Å². The van der Waals surface area contributed by atoms with Gasteiger partial charge < -0.3 is 0 Å². The molecule has 0 saturated carbocycles. The highest BCUT2D eigenvalue weighted by Crippen LogP contribution is 2.21. The number of rotatable bonds is 1. The molecule has 1 aromatic rings. The molecule has 0 aliphatic heterocycles. The minimum Gasteiger partial charge on any atom is -0.261 e. The van der Waals surface area contributed by atoms with Crippen LogP contribution in [0.4, 0.5) is 0 Å². The number of hydrogen-bond acceptors (Lipinski definition) is 1. The van der Waals surface area contributed by atoms with Crippen molar-refractivity contribution in [2.24, 2.45) is 0 Å². The van der Waals surface area contributed by atoms with Gasteiger partial charge in [0.25, 0.3) is 0 Å². The smallest absolute Gasteiger partial charge is 0.0497 e. The van der Waals surface area contributed by atoms with E-state index in [1.54, 1.807) is 0 Å². The normalized spacial score (nSPS) is 10.2. The van der Waals surface area contributed by atoms with E-state index in [9.17, 15) is 0 Å². The van der Waals surface area contributed by atoms with Gasteiger partial charge in [0.2, 0.25) is 0 Å². The number of nitrogens with zero attached hydrogens (tertiary/aromatic N) is 1. The Morgan fingerprint density at radius 1 is 1.45 bits per heavy atom. The van der Waals surface area contributed by atoms with Gasteiger partial charge in [-0.05, 0) is 31.4 Å². The largest absolute Gasteiger partial charge is 0.261 e. The van der Waals surface area contributed by atoms with E-state index in [4.69, 9.17) is 11.6 Å². The lowest BCUT2D eigenvalue weighted by Crippen LogP contribution is -1.93. The molecule has 0 aliphatic carbocycles. The molecular formula is C9H12ClN. The van der Waals surface area contributed by atoms with Crippen LogP contribution in [0.1, 0.15) is 23.7 Å². The first-order valence-corrected chi connectivity index (χ1v) is 4.15. The molecule has 0 amide bonds. The molecule has 0 fully saturated rings. The molecule has 1 aromatic heterocycles. The molecule has 0 aromatic carbocycles. The fourth-order valence-corrected chi connectivity index (χ4v) is 1.26. The molecule has 0 N–H and O–H groups in total. The number of hydrogen-bond donors (Lipinski definition) is 0. The lowest BCUT2D eigenvalue weighted by molar-refractivity contribution is 0.999. The summed E-state index contributed by atoms with van der Waals surface area (Å²) in [5.41, 5.74) is 3.27. The van der Waals surface area contributed by atoms with Crippen LogP contribution < -0.4 is 0 Å². The predicted octanol–water partition coefficient (Wildman–Crippen LogP) is 2.91. The van der Waals surface area contributed by atoms with Crippen molar-refractivity contribution >= 4 is 11.6 Å². The van der Waals surface area contributed by atoms with Crippen LogP contribution in [0.15, 0.2) is 6.20 Å². The Morgan fingerprint density at radius 2 is 2.09 bits per heavy atom. The Labute approximate surface area is 72.4 Å². The van der Waals surface area contributed by atoms with Gasteiger partial charge in [0, 0.05) is 16.9 Å². The maximum atomic E-state index is 6.02. The summed E-state index contributed by atoms with van der Waals surface area (Å²) < 4.78 is 0. The topological polar surface area (TPSA) is 12.9 Å². The van der Waals surface area contributed by atoms with Gasteiger partial charge in [0.05, 0.1) is 0 Å². The van der Waals surface area contributed by atoms with Crippen molar-refractivity contribution in [1.82, 2.24) is 4.98 Å². The lowest BCUT2D eigenvalue weighted by Gasteiger charge is -2.05. The summed E-state index contributed by atoms with van der Waals surface area (Å²) in [6, 6.07) is 0. The zero-order chi connectivity index (χ0) is 8.43. The Kier molecular flexibility index (Phi) is 2.50. The van der Waals surface area contributed by atoms with Crippen molar-refractivity contribution in [3.8, 4) is 0 Å². The van der Waals surface area contributed by atoms with E-state index < -0.39 is 0 Å². The fraction of sp³-hybridized carbons (Fsp3) is 0.444. The van der Waals surface area contributed by atoms with Crippen molar-refractivity contribution in [2.75, 3.05) is 0 Å². The van der Waals surface area contributed by atoms with Crippen molar-refractivity contribution in [3.05, 3.63) is 28.0 Å². The summed E-state index contributed by atoms with van der Waals surface area (Å²) in [5.74, 6) is 0. The van der Waals surface area contributed by atoms with E-state index >= 15 is 0 Å². The maximum Gasteiger partial charge on any atom is 0.0497 e. The third-order valence-electron chi connectivity index (χ3n) is 1.86. The molecule has 0 unspecified atom stereocenters. The molecule has 0 atom stereocenters. The van der Waals surface area contributed by atoms with Gasteiger partial charge in [-0.25, -0.2) is 0 Å². The van der Waals surface area contributed by atoms with Gasteiger partial charge in [-0.15, -0.1) is 0 Å². The SMILES string of the molecule is CCc1ncc(C)c(Cl)c1C. The van der Waals surface area contributed by atoms with E-state index in [0.29, 0.717) is 0 Å². The van der Waals surface area contributed by atoms with Gasteiger partial charge in [-0.2, -0.15) is 0 Å². The summed E-state index contributed by atoms with van der Waals surface area (Å²) in [5, 5.41) is 0.858. The average molecular weight is 170 g/mol. The minimum absolute atomic E-state index is 0.858. The van der Waals surface area contributed by atoms with Gasteiger partial charge in [0.1, 0.15) is 0 Å². The predicted molar refractivity (Wildman–Crippen MR) is 48.1 cm³/mol. The van der Waals surface area contributed by atoms with Gasteiger partial charge in [-0.1, -0.05) is 18.5 Å². The zero-order valence-electron chi connectivity index (χ0n) is 7.11. The molecule has 1 rings (SSSR count). The third kappa shape index (κ3) is 1.54. The first-order chi connectivity index (χ1) is 5.16. The van der Waals surface area contributed by atoms with Crippen LogP contribution in [0.25, 0.3) is 0 Å². The maximum absolute atomic E-state index is 6.02. The summed E-state index contributed by atoms with van der Waals surface area (Å²) >= 11 is 6.02. The average Bonchev–Trinajstić information content (AvgIpc) is 2.01. The number of halogens is 1. The van der Waals surface area contributed by atoms with E-state index in [2.05, 4.69) is 11.9 Å². The van der Waals surface area contributed by atoms with Crippen LogP contribution in [0.2, 0.25) is 5.02 Å². The van der Waals surface area contributed by atoms with Crippen LogP contribution >= 0.6 is 11.6 Å². The molecule has 0 spiro atoms. The minimum atomic E-state index is 0.858. The number of aryl methyl sites for hydroxylation is 2. The molecule has 1 nitrogen and oxygen atoms in total. The Bertz CT molecular complexity index is 269. The molecule has 1 heterocycles. The third-order valence-corrected chi connectivity index (χ3v) is 2.44. The lowest BCUT2D eigenvalue weighted by atomic mass is 10.1. The van der Waals surface area contributed by atoms with Crippen molar-refractivity contribution < 1.29 is 0 Å². The zero-order valence-corrected chi connectivity index (χ0v) is 7.87. The van der Waals surface area contributed by atoms with E-state index in [1.165, 1.54) is 0 Å². The van der Waals surface area contributed by atoms with Gasteiger partial charge >= 0.3 is 0 Å². The monoisotopic (exact) mass is 169 g/mol. The fourth-order valence-electron chi connectivity index (χ4n) is 1.11. The molecule has 0 aliphatic rings. The number of pyridine rings is 1. The van der Waals surface area contributed by atoms with Crippen LogP contribution in [0.5, 0.6) is 0 Å². The van der Waals surface area contributed by atoms with Crippen LogP contribution in [0, 0.1) is 13.8 Å². The molecule has 60 valence electrons. The van der Waals surface area contributed by atoms with Crippen molar-refractivity contribution in [3.63, 3.8) is 0 Å². The van der Waals surface area contributed by atoms with Crippen molar-refractivity contribution in [2.45, 2.75) is 27.2 Å². The Balaban J connectivity index is 3.25. The summed E-state index contributed by atoms with van der Waals surface area (Å²) in [4.78, 5) is 4.27. The molecular weight excluding hydrogens is 158 g/mol. The first kappa shape index (κ1) is 8.54. The first-order valence-electron chi connectivity index (χ1n) is 3.77. The molecule has 11 heavy (non-hydrogen) atoms. The molecule has 0 bridgehead atoms. The highest BCUT2D eigenvalue weighted by molar-refractivity contribution is 6.32. The van der Waals surface area contributed by atoms with Crippen LogP contribution in [-0.4, -0.2) is 4.98 Å². The molecule has 0 radical (unpaired) electrons. The Morgan fingerprint density at radius 3 is 2.64 bits per heavy atom. The second-order valence-electron chi connectivity index (χ2n) is 2.68. The molecule has 2 heteroatoms. The standard InChI is InChI=1S/C9H12ClN/c1-4-8-7(3)9(10)6(2)5-11-8/h5H,4H2,1-3H3. The Hall–Kier alpha value is -0.560. The summed E-state index contributed by atoms with van der Waals surface area (Å²) in [7, 11) is 0. The van der Waals surface area contributed by atoms with E-state index in [0.717, 1.165) is 28.3 Å². The van der Waals surface area contributed by atoms with Crippen LogP contribution in [-0.2, 0) is 6.42 Å². The van der Waals surface area contributed by atoms with Gasteiger partial charge in [-0.3, -0.25) is 4.98 Å². The highest BCUT2D eigenvalue weighted by atomic mass is 35.5. The highest BCUT2D eigenvalue weighted by Gasteiger charge is 2.03. The van der Waals surface area contributed by atoms with E-state index in [-0.39, 0.29) is 0 Å². The molecule has 0 saturated heterocycles. The van der Waals surface area contributed by atoms with Crippen molar-refractivity contribution in [1.29, 1.82) is 0 Å². The number of aromatic nitrogens is 1. The second kappa shape index (κ2) is 3.22. The second-order valence-corrected chi connectivity index (χ2v) is 3.06. The summed E-state index contributed by atoms with van der Waals surface area (Å²) in [6.45, 7) is 6.07.